The fourth-order valence-corrected chi connectivity index (χ4v) is 2.98. The summed E-state index contributed by atoms with van der Waals surface area (Å²) in [5.74, 6) is -0.766. The first-order valence-corrected chi connectivity index (χ1v) is 8.41. The average Bonchev–Trinajstić information content (AvgIpc) is 2.97. The standard InChI is InChI=1S/C20H21FN2O2/c1-13(2)14-6-8-18(9-7-14)23-12-15(10-19(23)24)20(25)22-17-5-3-4-16(21)11-17/h3-9,11,13,15H,10,12H2,1-2H3,(H,22,25)/t15-/m0/s1. The Hall–Kier alpha value is -2.69. The molecule has 1 fully saturated rings. The summed E-state index contributed by atoms with van der Waals surface area (Å²) in [6.07, 6.45) is 0.160. The van der Waals surface area contributed by atoms with E-state index in [4.69, 9.17) is 0 Å². The van der Waals surface area contributed by atoms with Crippen LogP contribution in [-0.2, 0) is 9.59 Å². The Bertz CT molecular complexity index is 787. The second-order valence-corrected chi connectivity index (χ2v) is 6.65. The lowest BCUT2D eigenvalue weighted by Gasteiger charge is -2.17. The van der Waals surface area contributed by atoms with Gasteiger partial charge in [-0.3, -0.25) is 9.59 Å². The monoisotopic (exact) mass is 340 g/mol. The normalized spacial score (nSPS) is 17.2. The SMILES string of the molecule is CC(C)c1ccc(N2C[C@@H](C(=O)Nc3cccc(F)c3)CC2=O)cc1. The molecule has 2 aromatic rings. The van der Waals surface area contributed by atoms with Crippen LogP contribution >= 0.6 is 0 Å². The summed E-state index contributed by atoms with van der Waals surface area (Å²) >= 11 is 0. The van der Waals surface area contributed by atoms with Gasteiger partial charge in [0, 0.05) is 24.3 Å². The van der Waals surface area contributed by atoms with Crippen molar-refractivity contribution in [3.63, 3.8) is 0 Å². The Kier molecular flexibility index (Phi) is 4.83. The third-order valence-electron chi connectivity index (χ3n) is 4.46. The predicted molar refractivity (Wildman–Crippen MR) is 96.0 cm³/mol. The van der Waals surface area contributed by atoms with Crippen LogP contribution in [0.1, 0.15) is 31.7 Å². The number of anilines is 2. The Morgan fingerprint density at radius 3 is 2.56 bits per heavy atom. The van der Waals surface area contributed by atoms with Crippen LogP contribution in [0.25, 0.3) is 0 Å². The van der Waals surface area contributed by atoms with Crippen LogP contribution in [0, 0.1) is 11.7 Å². The van der Waals surface area contributed by atoms with Crippen LogP contribution < -0.4 is 10.2 Å². The molecule has 0 unspecified atom stereocenters. The number of hydrogen-bond donors (Lipinski definition) is 1. The minimum Gasteiger partial charge on any atom is -0.326 e. The molecule has 0 spiro atoms. The van der Waals surface area contributed by atoms with E-state index in [9.17, 15) is 14.0 Å². The molecular weight excluding hydrogens is 319 g/mol. The zero-order valence-electron chi connectivity index (χ0n) is 14.3. The zero-order valence-corrected chi connectivity index (χ0v) is 14.3. The highest BCUT2D eigenvalue weighted by atomic mass is 19.1. The lowest BCUT2D eigenvalue weighted by Crippen LogP contribution is -2.28. The van der Waals surface area contributed by atoms with Crippen LogP contribution in [0.15, 0.2) is 48.5 Å². The van der Waals surface area contributed by atoms with Gasteiger partial charge in [0.15, 0.2) is 0 Å². The molecule has 1 aliphatic heterocycles. The summed E-state index contributed by atoms with van der Waals surface area (Å²) in [4.78, 5) is 26.3. The number of carbonyl (C=O) groups is 2. The number of halogens is 1. The van der Waals surface area contributed by atoms with E-state index in [1.165, 1.54) is 23.8 Å². The summed E-state index contributed by atoms with van der Waals surface area (Å²) in [6.45, 7) is 4.56. The number of benzene rings is 2. The first-order valence-electron chi connectivity index (χ1n) is 8.41. The van der Waals surface area contributed by atoms with Gasteiger partial charge in [0.1, 0.15) is 5.82 Å². The lowest BCUT2D eigenvalue weighted by atomic mass is 10.0. The van der Waals surface area contributed by atoms with Gasteiger partial charge in [-0.2, -0.15) is 0 Å². The van der Waals surface area contributed by atoms with Crippen LogP contribution in [0.5, 0.6) is 0 Å². The number of rotatable bonds is 4. The molecule has 1 saturated heterocycles. The third-order valence-corrected chi connectivity index (χ3v) is 4.46. The molecule has 1 heterocycles. The van der Waals surface area contributed by atoms with E-state index in [1.54, 1.807) is 11.0 Å². The molecule has 5 heteroatoms. The van der Waals surface area contributed by atoms with Gasteiger partial charge in [0.2, 0.25) is 11.8 Å². The smallest absolute Gasteiger partial charge is 0.229 e. The van der Waals surface area contributed by atoms with Gasteiger partial charge in [0.25, 0.3) is 0 Å². The van der Waals surface area contributed by atoms with E-state index in [0.29, 0.717) is 18.2 Å². The Morgan fingerprint density at radius 2 is 1.92 bits per heavy atom. The largest absolute Gasteiger partial charge is 0.326 e. The number of carbonyl (C=O) groups excluding carboxylic acids is 2. The van der Waals surface area contributed by atoms with Crippen molar-refractivity contribution in [2.75, 3.05) is 16.8 Å². The van der Waals surface area contributed by atoms with E-state index in [0.717, 1.165) is 5.69 Å². The number of hydrogen-bond acceptors (Lipinski definition) is 2. The van der Waals surface area contributed by atoms with E-state index in [-0.39, 0.29) is 18.2 Å². The fourth-order valence-electron chi connectivity index (χ4n) is 2.98. The predicted octanol–water partition coefficient (Wildman–Crippen LogP) is 3.94. The molecule has 4 nitrogen and oxygen atoms in total. The Morgan fingerprint density at radius 1 is 1.20 bits per heavy atom. The topological polar surface area (TPSA) is 49.4 Å². The molecule has 0 radical (unpaired) electrons. The Balaban J connectivity index is 1.68. The van der Waals surface area contributed by atoms with Crippen LogP contribution in [0.4, 0.5) is 15.8 Å². The van der Waals surface area contributed by atoms with Gasteiger partial charge in [-0.05, 0) is 41.8 Å². The molecule has 2 amide bonds. The first-order chi connectivity index (χ1) is 11.9. The average molecular weight is 340 g/mol. The van der Waals surface area contributed by atoms with Gasteiger partial charge in [-0.25, -0.2) is 4.39 Å². The number of nitrogens with one attached hydrogen (secondary N) is 1. The lowest BCUT2D eigenvalue weighted by molar-refractivity contribution is -0.122. The van der Waals surface area contributed by atoms with Crippen molar-refractivity contribution in [1.29, 1.82) is 0 Å². The highest BCUT2D eigenvalue weighted by Gasteiger charge is 2.35. The molecule has 1 N–H and O–H groups in total. The zero-order chi connectivity index (χ0) is 18.0. The summed E-state index contributed by atoms with van der Waals surface area (Å²) < 4.78 is 13.2. The molecule has 0 saturated carbocycles. The highest BCUT2D eigenvalue weighted by molar-refractivity contribution is 6.03. The van der Waals surface area contributed by atoms with Crippen LogP contribution in [0.3, 0.4) is 0 Å². The molecule has 0 aromatic heterocycles. The molecular formula is C20H21FN2O2. The van der Waals surface area contributed by atoms with Crippen molar-refractivity contribution in [3.8, 4) is 0 Å². The van der Waals surface area contributed by atoms with Gasteiger partial charge < -0.3 is 10.2 Å². The van der Waals surface area contributed by atoms with E-state index >= 15 is 0 Å². The van der Waals surface area contributed by atoms with Gasteiger partial charge in [0.05, 0.1) is 5.92 Å². The maximum atomic E-state index is 13.2. The summed E-state index contributed by atoms with van der Waals surface area (Å²) in [5, 5.41) is 2.68. The maximum absolute atomic E-state index is 13.2. The summed E-state index contributed by atoms with van der Waals surface area (Å²) in [7, 11) is 0. The molecule has 1 atom stereocenters. The first kappa shape index (κ1) is 17.1. The quantitative estimate of drug-likeness (QED) is 0.916. The van der Waals surface area contributed by atoms with Crippen molar-refractivity contribution < 1.29 is 14.0 Å². The summed E-state index contributed by atoms with van der Waals surface area (Å²) in [6, 6.07) is 13.6. The second kappa shape index (κ2) is 7.05. The summed E-state index contributed by atoms with van der Waals surface area (Å²) in [5.41, 5.74) is 2.41. The van der Waals surface area contributed by atoms with Crippen molar-refractivity contribution in [2.45, 2.75) is 26.2 Å². The molecule has 1 aliphatic rings. The van der Waals surface area contributed by atoms with Gasteiger partial charge in [-0.15, -0.1) is 0 Å². The molecule has 2 aromatic carbocycles. The van der Waals surface area contributed by atoms with E-state index in [1.807, 2.05) is 24.3 Å². The molecule has 3 rings (SSSR count). The minimum atomic E-state index is -0.444. The van der Waals surface area contributed by atoms with Gasteiger partial charge in [-0.1, -0.05) is 32.0 Å². The maximum Gasteiger partial charge on any atom is 0.229 e. The second-order valence-electron chi connectivity index (χ2n) is 6.65. The minimum absolute atomic E-state index is 0.0725. The Labute approximate surface area is 146 Å². The van der Waals surface area contributed by atoms with Crippen molar-refractivity contribution >= 4 is 23.2 Å². The van der Waals surface area contributed by atoms with Crippen LogP contribution in [-0.4, -0.2) is 18.4 Å². The van der Waals surface area contributed by atoms with Crippen molar-refractivity contribution in [3.05, 3.63) is 59.9 Å². The molecule has 130 valence electrons. The molecule has 0 bridgehead atoms. The van der Waals surface area contributed by atoms with E-state index < -0.39 is 11.7 Å². The van der Waals surface area contributed by atoms with E-state index in [2.05, 4.69) is 19.2 Å². The fraction of sp³-hybridized carbons (Fsp3) is 0.300. The van der Waals surface area contributed by atoms with Crippen LogP contribution in [0.2, 0.25) is 0 Å². The highest BCUT2D eigenvalue weighted by Crippen LogP contribution is 2.27. The van der Waals surface area contributed by atoms with Crippen molar-refractivity contribution in [1.82, 2.24) is 0 Å². The number of amides is 2. The number of nitrogens with zero attached hydrogens (tertiary/aromatic N) is 1. The molecule has 0 aliphatic carbocycles. The third kappa shape index (κ3) is 3.87. The molecule has 25 heavy (non-hydrogen) atoms. The van der Waals surface area contributed by atoms with Gasteiger partial charge >= 0.3 is 0 Å². The van der Waals surface area contributed by atoms with Crippen molar-refractivity contribution in [2.24, 2.45) is 5.92 Å².